The van der Waals surface area contributed by atoms with E-state index < -0.39 is 18.1 Å². The van der Waals surface area contributed by atoms with Gasteiger partial charge in [0.1, 0.15) is 12.1 Å². The van der Waals surface area contributed by atoms with E-state index in [2.05, 4.69) is 0 Å². The first kappa shape index (κ1) is 16.0. The molecule has 1 aliphatic rings. The maximum atomic E-state index is 12.1. The molecule has 0 amide bonds. The van der Waals surface area contributed by atoms with Gasteiger partial charge in [-0.15, -0.1) is 0 Å². The summed E-state index contributed by atoms with van der Waals surface area (Å²) < 4.78 is 5.26. The van der Waals surface area contributed by atoms with E-state index in [0.717, 1.165) is 12.8 Å². The Hall–Kier alpha value is -1.10. The van der Waals surface area contributed by atoms with E-state index in [1.807, 2.05) is 20.8 Å². The predicted octanol–water partition coefficient (Wildman–Crippen LogP) is 1.90. The maximum Gasteiger partial charge on any atom is 0.323 e. The van der Waals surface area contributed by atoms with Crippen LogP contribution in [0.3, 0.4) is 0 Å². The molecule has 5 heteroatoms. The fraction of sp³-hybridized carbons (Fsp3) is 0.857. The highest BCUT2D eigenvalue weighted by atomic mass is 16.5. The molecule has 19 heavy (non-hydrogen) atoms. The van der Waals surface area contributed by atoms with E-state index in [1.165, 1.54) is 0 Å². The van der Waals surface area contributed by atoms with Crippen LogP contribution in [0.4, 0.5) is 0 Å². The minimum absolute atomic E-state index is 0.288. The van der Waals surface area contributed by atoms with E-state index >= 15 is 0 Å². The molecule has 5 nitrogen and oxygen atoms in total. The fourth-order valence-electron chi connectivity index (χ4n) is 2.47. The van der Waals surface area contributed by atoms with E-state index in [1.54, 1.807) is 4.90 Å². The molecule has 1 aliphatic heterocycles. The predicted molar refractivity (Wildman–Crippen MR) is 71.9 cm³/mol. The van der Waals surface area contributed by atoms with Crippen LogP contribution in [0, 0.1) is 5.92 Å². The first-order valence-electron chi connectivity index (χ1n) is 7.12. The number of carboxylic acids is 1. The second-order valence-corrected chi connectivity index (χ2v) is 5.54. The number of hydrogen-bond acceptors (Lipinski definition) is 4. The lowest BCUT2D eigenvalue weighted by molar-refractivity contribution is -0.157. The van der Waals surface area contributed by atoms with Crippen molar-refractivity contribution in [2.24, 2.45) is 5.92 Å². The Morgan fingerprint density at radius 3 is 2.58 bits per heavy atom. The number of ether oxygens (including phenoxy) is 1. The number of aliphatic carboxylic acids is 1. The van der Waals surface area contributed by atoms with Gasteiger partial charge in [0.15, 0.2) is 0 Å². The summed E-state index contributed by atoms with van der Waals surface area (Å²) in [7, 11) is 0. The number of carbonyl (C=O) groups is 2. The molecule has 0 aromatic rings. The summed E-state index contributed by atoms with van der Waals surface area (Å²) in [4.78, 5) is 25.2. The number of carboxylic acid groups (broad SMARTS) is 1. The average molecular weight is 271 g/mol. The van der Waals surface area contributed by atoms with Crippen molar-refractivity contribution in [1.82, 2.24) is 4.90 Å². The van der Waals surface area contributed by atoms with Gasteiger partial charge in [0, 0.05) is 0 Å². The van der Waals surface area contributed by atoms with Gasteiger partial charge < -0.3 is 9.84 Å². The third kappa shape index (κ3) is 4.49. The topological polar surface area (TPSA) is 66.8 Å². The zero-order valence-electron chi connectivity index (χ0n) is 12.1. The average Bonchev–Trinajstić information content (AvgIpc) is 2.37. The Kier molecular flexibility index (Phi) is 6.28. The van der Waals surface area contributed by atoms with E-state index in [-0.39, 0.29) is 11.9 Å². The molecule has 1 fully saturated rings. The minimum Gasteiger partial charge on any atom is -0.480 e. The van der Waals surface area contributed by atoms with Crippen molar-refractivity contribution in [3.05, 3.63) is 0 Å². The molecule has 1 saturated heterocycles. The van der Waals surface area contributed by atoms with Crippen LogP contribution < -0.4 is 0 Å². The standard InChI is InChI=1S/C14H25NO4/c1-4-11(14(18)19-9-10(2)3)15-8-6-5-7-12(15)13(16)17/h10-12H,4-9H2,1-3H3,(H,16,17). The molecule has 0 saturated carbocycles. The van der Waals surface area contributed by atoms with Crippen molar-refractivity contribution in [3.63, 3.8) is 0 Å². The Bertz CT molecular complexity index is 317. The molecule has 1 N–H and O–H groups in total. The largest absolute Gasteiger partial charge is 0.480 e. The van der Waals surface area contributed by atoms with Crippen LogP contribution in [-0.4, -0.2) is 47.2 Å². The fourth-order valence-corrected chi connectivity index (χ4v) is 2.47. The summed E-state index contributed by atoms with van der Waals surface area (Å²) in [5, 5.41) is 9.26. The SMILES string of the molecule is CCC(C(=O)OCC(C)C)N1CCCCC1C(=O)O. The minimum atomic E-state index is -0.838. The smallest absolute Gasteiger partial charge is 0.323 e. The number of rotatable bonds is 6. The first-order chi connectivity index (χ1) is 8.97. The van der Waals surface area contributed by atoms with Gasteiger partial charge in [0.05, 0.1) is 6.61 Å². The molecule has 0 bridgehead atoms. The van der Waals surface area contributed by atoms with Crippen LogP contribution in [0.15, 0.2) is 0 Å². The number of hydrogen-bond donors (Lipinski definition) is 1. The summed E-state index contributed by atoms with van der Waals surface area (Å²) in [6.45, 7) is 6.91. The van der Waals surface area contributed by atoms with Gasteiger partial charge in [-0.3, -0.25) is 14.5 Å². The molecule has 2 atom stereocenters. The molecule has 0 aromatic carbocycles. The number of carbonyl (C=O) groups excluding carboxylic acids is 1. The van der Waals surface area contributed by atoms with Gasteiger partial charge in [0.25, 0.3) is 0 Å². The third-order valence-corrected chi connectivity index (χ3v) is 3.45. The summed E-state index contributed by atoms with van der Waals surface area (Å²) in [6, 6.07) is -0.981. The Balaban J connectivity index is 2.70. The molecule has 0 aliphatic carbocycles. The molecule has 2 unspecified atom stereocenters. The second kappa shape index (κ2) is 7.48. The Labute approximate surface area is 114 Å². The summed E-state index contributed by atoms with van der Waals surface area (Å²) in [5.74, 6) is -0.836. The van der Waals surface area contributed by atoms with Gasteiger partial charge in [-0.1, -0.05) is 27.2 Å². The molecular weight excluding hydrogens is 246 g/mol. The highest BCUT2D eigenvalue weighted by Crippen LogP contribution is 2.22. The summed E-state index contributed by atoms with van der Waals surface area (Å²) >= 11 is 0. The van der Waals surface area contributed by atoms with Crippen molar-refractivity contribution in [2.45, 2.75) is 58.5 Å². The molecular formula is C14H25NO4. The van der Waals surface area contributed by atoms with E-state index in [4.69, 9.17) is 4.74 Å². The normalized spacial score (nSPS) is 22.2. The zero-order chi connectivity index (χ0) is 14.4. The molecule has 1 heterocycles. The first-order valence-corrected chi connectivity index (χ1v) is 7.12. The molecule has 0 spiro atoms. The lowest BCUT2D eigenvalue weighted by Crippen LogP contribution is -2.53. The van der Waals surface area contributed by atoms with Gasteiger partial charge in [-0.2, -0.15) is 0 Å². The third-order valence-electron chi connectivity index (χ3n) is 3.45. The van der Waals surface area contributed by atoms with Crippen LogP contribution in [0.25, 0.3) is 0 Å². The highest BCUT2D eigenvalue weighted by Gasteiger charge is 2.36. The van der Waals surface area contributed by atoms with Gasteiger partial charge >= 0.3 is 11.9 Å². The number of likely N-dealkylation sites (tertiary alicyclic amines) is 1. The lowest BCUT2D eigenvalue weighted by Gasteiger charge is -2.37. The molecule has 1 rings (SSSR count). The second-order valence-electron chi connectivity index (χ2n) is 5.54. The van der Waals surface area contributed by atoms with Crippen molar-refractivity contribution in [3.8, 4) is 0 Å². The summed E-state index contributed by atoms with van der Waals surface area (Å²) in [5.41, 5.74) is 0. The van der Waals surface area contributed by atoms with Gasteiger partial charge in [-0.05, 0) is 31.7 Å². The zero-order valence-corrected chi connectivity index (χ0v) is 12.1. The Morgan fingerprint density at radius 2 is 2.05 bits per heavy atom. The highest BCUT2D eigenvalue weighted by molar-refractivity contribution is 5.78. The molecule has 110 valence electrons. The maximum absolute atomic E-state index is 12.1. The van der Waals surface area contributed by atoms with Crippen molar-refractivity contribution in [1.29, 1.82) is 0 Å². The van der Waals surface area contributed by atoms with E-state index in [9.17, 15) is 14.7 Å². The van der Waals surface area contributed by atoms with Crippen molar-refractivity contribution < 1.29 is 19.4 Å². The monoisotopic (exact) mass is 271 g/mol. The Morgan fingerprint density at radius 1 is 1.37 bits per heavy atom. The number of esters is 1. The van der Waals surface area contributed by atoms with Crippen molar-refractivity contribution >= 4 is 11.9 Å². The van der Waals surface area contributed by atoms with Gasteiger partial charge in [0.2, 0.25) is 0 Å². The molecule has 0 aromatic heterocycles. The number of nitrogens with zero attached hydrogens (tertiary/aromatic N) is 1. The van der Waals surface area contributed by atoms with Crippen molar-refractivity contribution in [2.75, 3.05) is 13.2 Å². The molecule has 0 radical (unpaired) electrons. The van der Waals surface area contributed by atoms with Crippen LogP contribution in [0.1, 0.15) is 46.5 Å². The quantitative estimate of drug-likeness (QED) is 0.747. The van der Waals surface area contributed by atoms with Crippen LogP contribution in [0.2, 0.25) is 0 Å². The number of piperidine rings is 1. The van der Waals surface area contributed by atoms with Crippen LogP contribution >= 0.6 is 0 Å². The van der Waals surface area contributed by atoms with Crippen LogP contribution in [0.5, 0.6) is 0 Å². The lowest BCUT2D eigenvalue weighted by atomic mass is 9.99. The van der Waals surface area contributed by atoms with Crippen LogP contribution in [-0.2, 0) is 14.3 Å². The van der Waals surface area contributed by atoms with E-state index in [0.29, 0.717) is 26.0 Å². The summed E-state index contributed by atoms with van der Waals surface area (Å²) in [6.07, 6.45) is 3.05. The van der Waals surface area contributed by atoms with Gasteiger partial charge in [-0.25, -0.2) is 0 Å².